The van der Waals surface area contributed by atoms with Gasteiger partial charge in [-0.05, 0) is 57.3 Å². The van der Waals surface area contributed by atoms with Gasteiger partial charge in [0.15, 0.2) is 0 Å². The molecule has 0 aromatic heterocycles. The Morgan fingerprint density at radius 1 is 0.771 bits per heavy atom. The summed E-state index contributed by atoms with van der Waals surface area (Å²) in [6.07, 6.45) is 2.21. The van der Waals surface area contributed by atoms with Crippen molar-refractivity contribution in [3.63, 3.8) is 0 Å². The number of benzene rings is 3. The molecule has 3 aromatic carbocycles. The Hall–Kier alpha value is -2.72. The summed E-state index contributed by atoms with van der Waals surface area (Å²) in [5.74, 6) is 1.92. The zero-order valence-electron chi connectivity index (χ0n) is 22.1. The highest BCUT2D eigenvalue weighted by atomic mass is 79.9. The summed E-state index contributed by atoms with van der Waals surface area (Å²) in [5, 5.41) is 11.6. The molecule has 0 heterocycles. The van der Waals surface area contributed by atoms with Crippen LogP contribution in [0.2, 0.25) is 0 Å². The van der Waals surface area contributed by atoms with Crippen LogP contribution in [-0.2, 0) is 10.8 Å². The fourth-order valence-electron chi connectivity index (χ4n) is 4.43. The fraction of sp³-hybridized carbons (Fsp3) is 0.355. The molecule has 1 atom stereocenters. The minimum atomic E-state index is -0.258. The van der Waals surface area contributed by atoms with Crippen molar-refractivity contribution in [2.24, 2.45) is 0 Å². The average Bonchev–Trinajstić information content (AvgIpc) is 2.80. The highest BCUT2D eigenvalue weighted by Crippen LogP contribution is 2.45. The number of phenolic OH excluding ortho intramolecular Hbond substituents is 1. The Labute approximate surface area is 218 Å². The minimum Gasteiger partial charge on any atom is -0.507 e. The number of aromatic hydroxyl groups is 1. The molecule has 0 aliphatic carbocycles. The van der Waals surface area contributed by atoms with Gasteiger partial charge in [0.2, 0.25) is 0 Å². The molecule has 3 nitrogen and oxygen atoms in total. The normalized spacial score (nSPS) is 13.5. The lowest BCUT2D eigenvalue weighted by molar-refractivity contribution is 0.414. The van der Waals surface area contributed by atoms with E-state index in [2.05, 4.69) is 87.8 Å². The molecule has 0 aliphatic rings. The predicted octanol–water partition coefficient (Wildman–Crippen LogP) is 8.57. The van der Waals surface area contributed by atoms with Crippen molar-refractivity contribution in [1.29, 1.82) is 0 Å². The van der Waals surface area contributed by atoms with E-state index >= 15 is 0 Å². The van der Waals surface area contributed by atoms with Crippen molar-refractivity contribution < 1.29 is 14.6 Å². The van der Waals surface area contributed by atoms with Gasteiger partial charge in [-0.15, -0.1) is 0 Å². The van der Waals surface area contributed by atoms with Crippen LogP contribution in [0, 0.1) is 0 Å². The van der Waals surface area contributed by atoms with Gasteiger partial charge in [0.05, 0.1) is 14.2 Å². The zero-order chi connectivity index (χ0) is 26.0. The van der Waals surface area contributed by atoms with Crippen LogP contribution in [0.25, 0.3) is 4.48 Å². The monoisotopic (exact) mass is 536 g/mol. The van der Waals surface area contributed by atoms with Gasteiger partial charge < -0.3 is 14.6 Å². The van der Waals surface area contributed by atoms with Gasteiger partial charge in [-0.25, -0.2) is 0 Å². The van der Waals surface area contributed by atoms with Crippen LogP contribution in [0.15, 0.2) is 66.7 Å². The van der Waals surface area contributed by atoms with Crippen LogP contribution in [0.3, 0.4) is 0 Å². The second-order valence-corrected chi connectivity index (χ2v) is 11.8. The number of halogens is 1. The highest BCUT2D eigenvalue weighted by Gasteiger charge is 2.31. The quantitative estimate of drug-likeness (QED) is 0.342. The molecule has 0 saturated carbocycles. The Morgan fingerprint density at radius 3 is 1.74 bits per heavy atom. The maximum atomic E-state index is 11.6. The number of phenols is 1. The Morgan fingerprint density at radius 2 is 1.29 bits per heavy atom. The molecule has 0 aliphatic heterocycles. The van der Waals surface area contributed by atoms with Crippen molar-refractivity contribution in [2.75, 3.05) is 14.2 Å². The first-order chi connectivity index (χ1) is 16.4. The van der Waals surface area contributed by atoms with Crippen molar-refractivity contribution in [3.8, 4) is 17.2 Å². The fourth-order valence-corrected chi connectivity index (χ4v) is 4.96. The lowest BCUT2D eigenvalue weighted by Crippen LogP contribution is -2.20. The predicted molar refractivity (Wildman–Crippen MR) is 150 cm³/mol. The first-order valence-corrected chi connectivity index (χ1v) is 12.7. The maximum Gasteiger partial charge on any atom is 0.123 e. The molecule has 35 heavy (non-hydrogen) atoms. The topological polar surface area (TPSA) is 38.7 Å². The molecular weight excluding hydrogens is 500 g/mol. The zero-order valence-corrected chi connectivity index (χ0v) is 23.7. The van der Waals surface area contributed by atoms with Gasteiger partial charge >= 0.3 is 0 Å². The van der Waals surface area contributed by atoms with Gasteiger partial charge in [-0.1, -0.05) is 99.9 Å². The van der Waals surface area contributed by atoms with Crippen molar-refractivity contribution in [2.45, 2.75) is 58.3 Å². The van der Waals surface area contributed by atoms with Crippen molar-refractivity contribution in [3.05, 3.63) is 94.6 Å². The van der Waals surface area contributed by atoms with Gasteiger partial charge in [-0.2, -0.15) is 0 Å². The third-order valence-electron chi connectivity index (χ3n) is 6.26. The third kappa shape index (κ3) is 6.10. The molecule has 0 spiro atoms. The Kier molecular flexibility index (Phi) is 8.06. The lowest BCUT2D eigenvalue weighted by atomic mass is 9.74. The van der Waals surface area contributed by atoms with Crippen molar-refractivity contribution >= 4 is 20.4 Å². The van der Waals surface area contributed by atoms with E-state index in [4.69, 9.17) is 9.47 Å². The molecule has 3 aromatic rings. The largest absolute Gasteiger partial charge is 0.507 e. The Bertz CT molecular complexity index is 1180. The minimum absolute atomic E-state index is 0.0912. The molecule has 0 amide bonds. The Balaban J connectivity index is 2.26. The second kappa shape index (κ2) is 10.5. The molecule has 4 heteroatoms. The lowest BCUT2D eigenvalue weighted by Gasteiger charge is -2.32. The van der Waals surface area contributed by atoms with Crippen LogP contribution in [-0.4, -0.2) is 19.3 Å². The summed E-state index contributed by atoms with van der Waals surface area (Å²) in [5.41, 5.74) is 4.75. The number of hydrogen-bond acceptors (Lipinski definition) is 3. The van der Waals surface area contributed by atoms with Gasteiger partial charge in [0, 0.05) is 16.0 Å². The van der Waals surface area contributed by atoms with Crippen LogP contribution in [0.1, 0.15) is 75.3 Å². The van der Waals surface area contributed by atoms with Gasteiger partial charge in [-0.3, -0.25) is 0 Å². The first-order valence-electron chi connectivity index (χ1n) is 11.9. The van der Waals surface area contributed by atoms with E-state index in [0.717, 1.165) is 43.8 Å². The van der Waals surface area contributed by atoms with E-state index in [0.29, 0.717) is 5.75 Å². The number of hydrogen-bond donors (Lipinski definition) is 1. The number of methoxy groups -OCH3 is 2. The molecule has 0 bridgehead atoms. The second-order valence-electron chi connectivity index (χ2n) is 10.9. The van der Waals surface area contributed by atoms with Crippen LogP contribution >= 0.6 is 15.9 Å². The van der Waals surface area contributed by atoms with E-state index in [1.165, 1.54) is 0 Å². The standard InChI is InChI=1S/C31H37BrO3/c1-30(2,3)26-18-17-24(28(29(26)33)31(4,5)6)25(20-9-13-22(34-7)14-10-20)19-27(32)21-11-15-23(35-8)16-12-21/h9-19,25,33H,1-8H3. The summed E-state index contributed by atoms with van der Waals surface area (Å²) in [6.45, 7) is 12.9. The van der Waals surface area contributed by atoms with E-state index < -0.39 is 0 Å². The van der Waals surface area contributed by atoms with E-state index in [1.807, 2.05) is 36.4 Å². The summed E-state index contributed by atoms with van der Waals surface area (Å²) >= 11 is 3.83. The number of ether oxygens (including phenoxy) is 2. The van der Waals surface area contributed by atoms with Crippen LogP contribution < -0.4 is 9.47 Å². The smallest absolute Gasteiger partial charge is 0.123 e. The molecule has 0 radical (unpaired) electrons. The van der Waals surface area contributed by atoms with Gasteiger partial charge in [0.25, 0.3) is 0 Å². The summed E-state index contributed by atoms with van der Waals surface area (Å²) in [7, 11) is 3.34. The molecular formula is C31H37BrO3. The summed E-state index contributed by atoms with van der Waals surface area (Å²) < 4.78 is 11.7. The van der Waals surface area contributed by atoms with E-state index in [1.54, 1.807) is 14.2 Å². The van der Waals surface area contributed by atoms with E-state index in [9.17, 15) is 5.11 Å². The molecule has 0 fully saturated rings. The maximum absolute atomic E-state index is 11.6. The SMILES string of the molecule is COc1ccc(C(Br)=CC(c2ccc(OC)cc2)c2ccc(C(C)(C)C)c(O)c2C(C)(C)C)cc1. The average molecular weight is 538 g/mol. The number of rotatable bonds is 6. The first kappa shape index (κ1) is 26.9. The summed E-state index contributed by atoms with van der Waals surface area (Å²) in [4.78, 5) is 0. The van der Waals surface area contributed by atoms with Crippen molar-refractivity contribution in [1.82, 2.24) is 0 Å². The molecule has 1 unspecified atom stereocenters. The number of allylic oxidation sites excluding steroid dienone is 1. The summed E-state index contributed by atoms with van der Waals surface area (Å²) in [6, 6.07) is 20.4. The van der Waals surface area contributed by atoms with Gasteiger partial charge in [0.1, 0.15) is 17.2 Å². The highest BCUT2D eigenvalue weighted by molar-refractivity contribution is 9.15. The van der Waals surface area contributed by atoms with Crippen LogP contribution in [0.5, 0.6) is 17.2 Å². The van der Waals surface area contributed by atoms with Crippen LogP contribution in [0.4, 0.5) is 0 Å². The van der Waals surface area contributed by atoms with E-state index in [-0.39, 0.29) is 16.7 Å². The molecule has 1 N–H and O–H groups in total. The molecule has 3 rings (SSSR count). The molecule has 0 saturated heterocycles. The third-order valence-corrected chi connectivity index (χ3v) is 6.98. The molecule has 186 valence electrons.